The Morgan fingerprint density at radius 2 is 1.83 bits per heavy atom. The van der Waals surface area contributed by atoms with Gasteiger partial charge in [0.2, 0.25) is 5.91 Å². The number of sulfone groups is 1. The van der Waals surface area contributed by atoms with E-state index in [0.29, 0.717) is 32.5 Å². The lowest BCUT2D eigenvalue weighted by atomic mass is 10.0. The molecule has 2 rings (SSSR count). The zero-order valence-corrected chi connectivity index (χ0v) is 15.0. The molecular weight excluding hydrogens is 330 g/mol. The normalized spacial score (nSPS) is 22.1. The van der Waals surface area contributed by atoms with E-state index in [2.05, 4.69) is 5.32 Å². The Balaban J connectivity index is 1.67. The van der Waals surface area contributed by atoms with Crippen LogP contribution in [0, 0.1) is 0 Å². The van der Waals surface area contributed by atoms with Crippen molar-refractivity contribution in [2.24, 2.45) is 0 Å². The number of ether oxygens (including phenoxy) is 2. The SMILES string of the molecule is CCOc1ccc(OCCCC(=O)NC2(C)CCS(=O)(=O)C2)cc1. The minimum absolute atomic E-state index is 0.0222. The van der Waals surface area contributed by atoms with Gasteiger partial charge in [-0.25, -0.2) is 8.42 Å². The highest BCUT2D eigenvalue weighted by Gasteiger charge is 2.39. The molecule has 7 heteroatoms. The first-order chi connectivity index (χ1) is 11.3. The highest BCUT2D eigenvalue weighted by atomic mass is 32.2. The van der Waals surface area contributed by atoms with E-state index in [1.165, 1.54) is 0 Å². The number of amides is 1. The summed E-state index contributed by atoms with van der Waals surface area (Å²) in [6.07, 6.45) is 1.36. The Bertz CT molecular complexity index is 656. The van der Waals surface area contributed by atoms with Gasteiger partial charge in [-0.3, -0.25) is 4.79 Å². The first kappa shape index (κ1) is 18.6. The first-order valence-corrected chi connectivity index (χ1v) is 10.0. The second kappa shape index (κ2) is 7.88. The molecule has 1 saturated heterocycles. The van der Waals surface area contributed by atoms with Crippen molar-refractivity contribution >= 4 is 15.7 Å². The summed E-state index contributed by atoms with van der Waals surface area (Å²) in [5.74, 6) is 1.56. The predicted molar refractivity (Wildman–Crippen MR) is 92.2 cm³/mol. The van der Waals surface area contributed by atoms with Crippen molar-refractivity contribution in [1.29, 1.82) is 0 Å². The Morgan fingerprint density at radius 3 is 2.38 bits per heavy atom. The number of rotatable bonds is 8. The highest BCUT2D eigenvalue weighted by molar-refractivity contribution is 7.91. The molecule has 1 aromatic carbocycles. The van der Waals surface area contributed by atoms with Crippen LogP contribution in [0.3, 0.4) is 0 Å². The summed E-state index contributed by atoms with van der Waals surface area (Å²) in [5.41, 5.74) is -0.633. The van der Waals surface area contributed by atoms with E-state index in [9.17, 15) is 13.2 Å². The average Bonchev–Trinajstić information content (AvgIpc) is 2.79. The summed E-state index contributed by atoms with van der Waals surface area (Å²) >= 11 is 0. The van der Waals surface area contributed by atoms with E-state index in [4.69, 9.17) is 9.47 Å². The van der Waals surface area contributed by atoms with E-state index in [-0.39, 0.29) is 17.4 Å². The minimum Gasteiger partial charge on any atom is -0.494 e. The quantitative estimate of drug-likeness (QED) is 0.721. The molecule has 0 radical (unpaired) electrons. The molecule has 134 valence electrons. The van der Waals surface area contributed by atoms with Gasteiger partial charge in [0, 0.05) is 6.42 Å². The van der Waals surface area contributed by atoms with Crippen LogP contribution in [-0.2, 0) is 14.6 Å². The van der Waals surface area contributed by atoms with E-state index < -0.39 is 15.4 Å². The third-order valence-corrected chi connectivity index (χ3v) is 5.80. The van der Waals surface area contributed by atoms with Gasteiger partial charge < -0.3 is 14.8 Å². The molecule has 0 bridgehead atoms. The smallest absolute Gasteiger partial charge is 0.220 e. The van der Waals surface area contributed by atoms with Gasteiger partial charge in [-0.15, -0.1) is 0 Å². The fourth-order valence-electron chi connectivity index (χ4n) is 2.73. The first-order valence-electron chi connectivity index (χ1n) is 8.19. The van der Waals surface area contributed by atoms with Gasteiger partial charge in [-0.1, -0.05) is 0 Å². The van der Waals surface area contributed by atoms with Crippen LogP contribution >= 0.6 is 0 Å². The molecular formula is C17H25NO5S. The summed E-state index contributed by atoms with van der Waals surface area (Å²) < 4.78 is 34.0. The van der Waals surface area contributed by atoms with Crippen molar-refractivity contribution in [3.63, 3.8) is 0 Å². The molecule has 1 N–H and O–H groups in total. The van der Waals surface area contributed by atoms with E-state index in [0.717, 1.165) is 11.5 Å². The average molecular weight is 355 g/mol. The third-order valence-electron chi connectivity index (χ3n) is 3.90. The van der Waals surface area contributed by atoms with Crippen LogP contribution in [0.5, 0.6) is 11.5 Å². The molecule has 1 atom stereocenters. The molecule has 1 aromatic rings. The lowest BCUT2D eigenvalue weighted by molar-refractivity contribution is -0.122. The van der Waals surface area contributed by atoms with E-state index >= 15 is 0 Å². The van der Waals surface area contributed by atoms with Crippen LogP contribution in [0.15, 0.2) is 24.3 Å². The monoisotopic (exact) mass is 355 g/mol. The lowest BCUT2D eigenvalue weighted by Crippen LogP contribution is -2.46. The minimum atomic E-state index is -3.02. The fraction of sp³-hybridized carbons (Fsp3) is 0.588. The molecule has 1 heterocycles. The van der Waals surface area contributed by atoms with Gasteiger partial charge in [0.25, 0.3) is 0 Å². The van der Waals surface area contributed by atoms with Crippen molar-refractivity contribution in [2.75, 3.05) is 24.7 Å². The Kier molecular flexibility index (Phi) is 6.10. The Morgan fingerprint density at radius 1 is 1.21 bits per heavy atom. The van der Waals surface area contributed by atoms with Crippen molar-refractivity contribution in [1.82, 2.24) is 5.32 Å². The number of carbonyl (C=O) groups is 1. The maximum atomic E-state index is 12.0. The summed E-state index contributed by atoms with van der Waals surface area (Å²) in [5, 5.41) is 2.84. The molecule has 0 spiro atoms. The van der Waals surface area contributed by atoms with E-state index in [1.807, 2.05) is 31.2 Å². The fourth-order valence-corrected chi connectivity index (χ4v) is 4.82. The summed E-state index contributed by atoms with van der Waals surface area (Å²) in [4.78, 5) is 12.0. The van der Waals surface area contributed by atoms with Gasteiger partial charge >= 0.3 is 0 Å². The van der Waals surface area contributed by atoms with Crippen molar-refractivity contribution < 1.29 is 22.7 Å². The second-order valence-corrected chi connectivity index (χ2v) is 8.49. The van der Waals surface area contributed by atoms with Crippen LogP contribution in [0.1, 0.15) is 33.1 Å². The predicted octanol–water partition coefficient (Wildman–Crippen LogP) is 1.94. The second-order valence-electron chi connectivity index (χ2n) is 6.31. The molecule has 1 aliphatic heterocycles. The van der Waals surface area contributed by atoms with Gasteiger partial charge in [0.1, 0.15) is 11.5 Å². The van der Waals surface area contributed by atoms with Crippen molar-refractivity contribution in [2.45, 2.75) is 38.6 Å². The van der Waals surface area contributed by atoms with Crippen LogP contribution < -0.4 is 14.8 Å². The van der Waals surface area contributed by atoms with Gasteiger partial charge in [-0.05, 0) is 51.0 Å². The molecule has 24 heavy (non-hydrogen) atoms. The molecule has 0 saturated carbocycles. The molecule has 1 fully saturated rings. The Labute approximate surface area is 143 Å². The molecule has 1 aliphatic rings. The van der Waals surface area contributed by atoms with Crippen molar-refractivity contribution in [3.05, 3.63) is 24.3 Å². The largest absolute Gasteiger partial charge is 0.494 e. The van der Waals surface area contributed by atoms with Gasteiger partial charge in [-0.2, -0.15) is 0 Å². The number of benzene rings is 1. The molecule has 6 nitrogen and oxygen atoms in total. The highest BCUT2D eigenvalue weighted by Crippen LogP contribution is 2.23. The topological polar surface area (TPSA) is 81.7 Å². The zero-order valence-electron chi connectivity index (χ0n) is 14.2. The third kappa shape index (κ3) is 5.70. The summed E-state index contributed by atoms with van der Waals surface area (Å²) in [6.45, 7) is 4.76. The number of hydrogen-bond donors (Lipinski definition) is 1. The van der Waals surface area contributed by atoms with Crippen LogP contribution in [0.4, 0.5) is 0 Å². The van der Waals surface area contributed by atoms with Crippen LogP contribution in [0.25, 0.3) is 0 Å². The van der Waals surface area contributed by atoms with Crippen LogP contribution in [-0.4, -0.2) is 44.6 Å². The van der Waals surface area contributed by atoms with E-state index in [1.54, 1.807) is 6.92 Å². The Hall–Kier alpha value is -1.76. The lowest BCUT2D eigenvalue weighted by Gasteiger charge is -2.23. The van der Waals surface area contributed by atoms with Crippen molar-refractivity contribution in [3.8, 4) is 11.5 Å². The molecule has 0 aromatic heterocycles. The number of carbonyl (C=O) groups excluding carboxylic acids is 1. The molecule has 1 unspecified atom stereocenters. The van der Waals surface area contributed by atoms with Gasteiger partial charge in [0.05, 0.1) is 30.3 Å². The summed E-state index contributed by atoms with van der Waals surface area (Å²) in [6, 6.07) is 7.34. The van der Waals surface area contributed by atoms with Gasteiger partial charge in [0.15, 0.2) is 9.84 Å². The number of hydrogen-bond acceptors (Lipinski definition) is 5. The maximum Gasteiger partial charge on any atom is 0.220 e. The molecule has 0 aliphatic carbocycles. The summed E-state index contributed by atoms with van der Waals surface area (Å²) in [7, 11) is -3.02. The van der Waals surface area contributed by atoms with Crippen LogP contribution in [0.2, 0.25) is 0 Å². The standard InChI is InChI=1S/C17H25NO5S/c1-3-22-14-6-8-15(9-7-14)23-11-4-5-16(19)18-17(2)10-12-24(20,21)13-17/h6-9H,3-5,10-13H2,1-2H3,(H,18,19). The number of nitrogens with one attached hydrogen (secondary N) is 1. The maximum absolute atomic E-state index is 12.0. The molecule has 1 amide bonds. The zero-order chi connectivity index (χ0) is 17.6.